The van der Waals surface area contributed by atoms with Crippen LogP contribution in [-0.2, 0) is 98.1 Å². The number of carbonyl (C=O) groups excluding carboxylic acids is 3. The normalized spacial score (nSPS) is 36.7. The fourth-order valence-electron chi connectivity index (χ4n) is 27.7. The molecule has 2 unspecified atom stereocenters. The van der Waals surface area contributed by atoms with Gasteiger partial charge in [0.25, 0.3) is 17.7 Å². The van der Waals surface area contributed by atoms with E-state index in [-0.39, 0.29) is 126 Å². The molecule has 33 heteroatoms. The molecule has 20 atom stereocenters. The number of hydrogen-bond donors (Lipinski definition) is 6. The Morgan fingerprint density at radius 3 is 1.13 bits per heavy atom. The quantitative estimate of drug-likeness (QED) is 0.0732. The highest BCUT2D eigenvalue weighted by Gasteiger charge is 2.54. The Balaban J connectivity index is 0.000000141. The van der Waals surface area contributed by atoms with Gasteiger partial charge in [-0.05, 0) is 359 Å². The van der Waals surface area contributed by atoms with Crippen molar-refractivity contribution < 1.29 is 88.8 Å². The Morgan fingerprint density at radius 1 is 0.440 bits per heavy atom. The number of fused-ring (bicyclic) bond motifs is 12. The minimum atomic E-state index is -4.02. The number of aliphatic hydroxyl groups excluding tert-OH is 2. The molecule has 15 aliphatic rings. The Kier molecular flexibility index (Phi) is 34.3. The molecule has 6 fully saturated rings. The summed E-state index contributed by atoms with van der Waals surface area (Å²) in [6.07, 6.45) is 22.8. The number of hydrogen-bond acceptors (Lipinski definition) is 24. The van der Waals surface area contributed by atoms with E-state index in [1.165, 1.54) is 33.4 Å². The van der Waals surface area contributed by atoms with Gasteiger partial charge in [-0.25, -0.2) is 21.6 Å². The fourth-order valence-corrected chi connectivity index (χ4v) is 33.0. The summed E-state index contributed by atoms with van der Waals surface area (Å²) in [5.41, 5.74) is 15.9. The molecule has 9 heterocycles. The maximum Gasteiger partial charge on any atom is 0.264 e. The summed E-state index contributed by atoms with van der Waals surface area (Å²) in [5.74, 6) is 11.9. The molecular formula is C117H161Cl3N8O19S3. The van der Waals surface area contributed by atoms with Crippen molar-refractivity contribution in [1.82, 2.24) is 19.1 Å². The van der Waals surface area contributed by atoms with Crippen LogP contribution in [0.1, 0.15) is 247 Å². The van der Waals surface area contributed by atoms with Gasteiger partial charge in [0.05, 0.1) is 126 Å². The first-order valence-electron chi connectivity index (χ1n) is 55.5. The Labute approximate surface area is 904 Å². The number of rotatable bonds is 9. The van der Waals surface area contributed by atoms with Crippen molar-refractivity contribution in [1.29, 1.82) is 0 Å². The summed E-state index contributed by atoms with van der Waals surface area (Å²) in [6, 6.07) is 35.6. The van der Waals surface area contributed by atoms with Crippen molar-refractivity contribution in [3.63, 3.8) is 0 Å². The number of sulfonamides is 1. The lowest BCUT2D eigenvalue weighted by molar-refractivity contribution is -0.265. The first-order valence-corrected chi connectivity index (χ1v) is 61.7. The first kappa shape index (κ1) is 111. The second-order valence-corrected chi connectivity index (χ2v) is 56.2. The molecule has 3 spiro atoms. The van der Waals surface area contributed by atoms with E-state index < -0.39 is 57.8 Å². The Hall–Kier alpha value is -7.05. The van der Waals surface area contributed by atoms with Crippen molar-refractivity contribution in [2.24, 2.45) is 82.2 Å². The van der Waals surface area contributed by atoms with Gasteiger partial charge in [0.15, 0.2) is 18.9 Å². The number of aliphatic hydroxyl groups is 2. The molecule has 9 aliphatic heterocycles. The van der Waals surface area contributed by atoms with Gasteiger partial charge < -0.3 is 82.9 Å². The van der Waals surface area contributed by atoms with E-state index in [1.54, 1.807) is 25.3 Å². The van der Waals surface area contributed by atoms with Crippen LogP contribution in [0.4, 0.5) is 17.1 Å². The number of carbonyl (C=O) groups is 3. The van der Waals surface area contributed by atoms with Gasteiger partial charge >= 0.3 is 0 Å². The highest BCUT2D eigenvalue weighted by molar-refractivity contribution is 7.99. The van der Waals surface area contributed by atoms with Crippen molar-refractivity contribution in [2.75, 3.05) is 154 Å². The van der Waals surface area contributed by atoms with Crippen LogP contribution >= 0.6 is 34.8 Å². The summed E-state index contributed by atoms with van der Waals surface area (Å²) in [7, 11) is -4.18. The molecule has 3 saturated heterocycles. The van der Waals surface area contributed by atoms with E-state index in [2.05, 4.69) is 110 Å². The van der Waals surface area contributed by atoms with Gasteiger partial charge in [0, 0.05) is 135 Å². The zero-order valence-electron chi connectivity index (χ0n) is 89.2. The van der Waals surface area contributed by atoms with Crippen molar-refractivity contribution in [2.45, 2.75) is 265 Å². The van der Waals surface area contributed by atoms with Crippen LogP contribution < -0.4 is 48.8 Å². The maximum atomic E-state index is 13.9. The lowest BCUT2D eigenvalue weighted by Crippen LogP contribution is -2.59. The zero-order chi connectivity index (χ0) is 106. The molecule has 6 aromatic carbocycles. The summed E-state index contributed by atoms with van der Waals surface area (Å²) in [6.45, 7) is 21.1. The molecule has 3 amide bonds. The predicted molar refractivity (Wildman–Crippen MR) is 594 cm³/mol. The summed E-state index contributed by atoms with van der Waals surface area (Å²) in [5, 5.41) is 20.7. The first-order chi connectivity index (χ1) is 71.8. The van der Waals surface area contributed by atoms with Crippen LogP contribution in [0.5, 0.6) is 17.2 Å². The largest absolute Gasteiger partial charge is 0.490 e. The van der Waals surface area contributed by atoms with Gasteiger partial charge in [-0.3, -0.25) is 23.8 Å². The molecule has 6 aromatic rings. The smallest absolute Gasteiger partial charge is 0.264 e. The number of nitrogens with zero attached hydrogens (tertiary/aromatic N) is 4. The van der Waals surface area contributed by atoms with E-state index in [4.69, 9.17) is 87.9 Å². The molecule has 3 saturated carbocycles. The van der Waals surface area contributed by atoms with Crippen LogP contribution in [0.2, 0.25) is 15.1 Å². The van der Waals surface area contributed by atoms with Crippen LogP contribution in [0.3, 0.4) is 0 Å². The maximum absolute atomic E-state index is 13.9. The minimum Gasteiger partial charge on any atom is -0.490 e. The second kappa shape index (κ2) is 46.2. The monoisotopic (exact) mass is 2180 g/mol. The topological polar surface area (TPSA) is 327 Å². The highest BCUT2D eigenvalue weighted by Crippen LogP contribution is 2.56. The summed E-state index contributed by atoms with van der Waals surface area (Å²) in [4.78, 5) is 50.7. The molecule has 7 N–H and O–H groups in total. The molecule has 822 valence electrons. The number of methoxy groups -OCH3 is 1. The van der Waals surface area contributed by atoms with E-state index in [1.807, 2.05) is 82.3 Å². The summed E-state index contributed by atoms with van der Waals surface area (Å²) < 4.78 is 128. The molecular weight excluding hydrogens is 2020 g/mol. The van der Waals surface area contributed by atoms with Gasteiger partial charge in [-0.2, -0.15) is 0 Å². The van der Waals surface area contributed by atoms with Gasteiger partial charge in [-0.1, -0.05) is 100.0 Å². The molecule has 6 aliphatic carbocycles. The van der Waals surface area contributed by atoms with Gasteiger partial charge in [0.2, 0.25) is 10.0 Å². The van der Waals surface area contributed by atoms with Crippen molar-refractivity contribution in [3.8, 4) is 17.2 Å². The Bertz CT molecular complexity index is 5940. The number of benzene rings is 6. The van der Waals surface area contributed by atoms with Crippen molar-refractivity contribution >= 4 is 111 Å². The van der Waals surface area contributed by atoms with Crippen molar-refractivity contribution in [3.05, 3.63) is 174 Å². The molecule has 27 nitrogen and oxygen atoms in total. The molecule has 150 heavy (non-hydrogen) atoms. The predicted octanol–water partition coefficient (Wildman–Crippen LogP) is 17.5. The third-order valence-corrected chi connectivity index (χ3v) is 44.9. The number of aryl methyl sites for hydroxylation is 3. The van der Waals surface area contributed by atoms with Crippen LogP contribution in [0.15, 0.2) is 109 Å². The summed E-state index contributed by atoms with van der Waals surface area (Å²) >= 11 is 19.4. The third kappa shape index (κ3) is 23.7. The molecule has 6 bridgehead atoms. The van der Waals surface area contributed by atoms with E-state index in [9.17, 15) is 41.4 Å². The lowest BCUT2D eigenvalue weighted by atomic mass is 9.64. The fraction of sp³-hybridized carbons (Fsp3) is 0.650. The van der Waals surface area contributed by atoms with Crippen LogP contribution in [0, 0.1) is 76.4 Å². The second-order valence-electron chi connectivity index (χ2n) is 48.2. The van der Waals surface area contributed by atoms with E-state index in [0.29, 0.717) is 117 Å². The minimum absolute atomic E-state index is 0.0300. The standard InChI is InChI=1S/C40H56ClN3O7S.C39H53ClN2O6S.C38H52ClN3O6S/c1-26-7-5-9-33(39-49-22-31(23-50-39)43(2)3)32-13-10-29(32)21-44-24-40(17-6-8-27-19-30(41)12-14-34(27)40)25-51-36-15-11-28(20-35(36)44)38(45)42-52(46,47)37(26)16-18-48-4;1-25-7-5-9-32(37-47-22-38(3,21-43)23-48-37)31-13-10-29(31)19-42-20-39(16-6-8-27-17-30(40)12-14-33(27)39)24-46-35-15-11-28(18-34(35)42)36(44)41-49(4,45)26(25)2;1-24-6-4-8-31(36-47-22-38(40,20-43)23-48-36)30-12-9-28(30)18-42-19-37(15-5-7-26-16-29(39)11-13-32(26)37)21-46-34-14-10-27(17-33(34)42)35(44)41-49(3,45)25(24)2/h11-12,14-15,19-20,26,29,31-33,37,39H,5-10,13,16-18,21-25H2,1-4H3,(H,42,45);11-12,14-15,17-18,25-26,29,31-32,37,43H,4-10,13,16,19-24H2,1-3H3,(H,41,44,45);10-11,13-14,16-17,24-25,28,30-31,36,43H,3-9,12,15,18-23,40H2,1-2H3,(H,41,44,45)/t26-,29-,31?,32+,33-,37+,39?,40-;25-,26+,29-,31+,32+,37?,38?,39-,49?;24-,25+,28-,30+,31+,36?,37-,38?,49?/m000/s1. The highest BCUT2D eigenvalue weighted by atomic mass is 35.5. The van der Waals surface area contributed by atoms with Gasteiger partial charge in [-0.15, -0.1) is 0 Å². The third-order valence-electron chi connectivity index (χ3n) is 37.8. The number of nitrogens with one attached hydrogen (secondary N) is 3. The van der Waals surface area contributed by atoms with E-state index >= 15 is 0 Å². The molecule has 0 aromatic heterocycles. The number of likely N-dealkylation sites (N-methyl/N-ethyl adjacent to an activating group) is 1. The van der Waals surface area contributed by atoms with Gasteiger partial charge in [0.1, 0.15) is 17.2 Å². The lowest BCUT2D eigenvalue weighted by Gasteiger charge is -2.49. The number of nitrogens with two attached hydrogens (primary N) is 1. The van der Waals surface area contributed by atoms with Crippen LogP contribution in [-0.4, -0.2) is 247 Å². The zero-order valence-corrected chi connectivity index (χ0v) is 94.0. The number of amides is 3. The SMILES string of the molecule is C=S1(=O)NC(=O)c2ccc3c(c2)N(C[C@@H]2CC[C@H]2[C@H](C2OCC(C)(CO)CO2)CCC[C@H](C)[C@H]1C)C[C@@]1(CCCc2cc(Cl)ccc21)CO3.C=S1(=O)NC(=O)c2ccc3c(c2)N(C[C@@H]2CC[C@H]2[C@H](C2OCC(N)(CO)CO2)CCC[C@H](C)[C@H]1C)C[C@@]1(CCCc2cc(Cl)ccc21)CO3.COCC[C@@H]1[C@@H](C)CCC[C@H](C2OCC(N(C)C)CO2)[C@@H]2CC[C@H]2CN2C[C@@]3(CCCc4cc(Cl)ccc43)COc3ccc(cc32)C(=O)NS1(=O)=O. The Morgan fingerprint density at radius 2 is 0.793 bits per heavy atom. The number of anilines is 3. The number of ether oxygens (including phenoxy) is 10. The van der Waals surface area contributed by atoms with Crippen LogP contribution in [0.25, 0.3) is 0 Å². The molecule has 21 rings (SSSR count). The van der Waals surface area contributed by atoms with E-state index in [0.717, 1.165) is 231 Å². The molecule has 0 radical (unpaired) electrons. The number of halogens is 3. The average Bonchev–Trinajstić information content (AvgIpc) is 1.48. The average molecular weight is 2190 g/mol.